The maximum Gasteiger partial charge on any atom is 0.241 e. The van der Waals surface area contributed by atoms with Gasteiger partial charge in [-0.3, -0.25) is 4.79 Å². The van der Waals surface area contributed by atoms with Crippen LogP contribution in [-0.4, -0.2) is 11.9 Å². The van der Waals surface area contributed by atoms with Gasteiger partial charge in [-0.1, -0.05) is 13.8 Å². The fraction of sp³-hybridized carbons (Fsp3) is 0.417. The summed E-state index contributed by atoms with van der Waals surface area (Å²) in [5.41, 5.74) is 6.13. The number of amides is 1. The van der Waals surface area contributed by atoms with Crippen LogP contribution in [0.15, 0.2) is 22.7 Å². The molecule has 0 spiro atoms. The van der Waals surface area contributed by atoms with E-state index in [0.717, 1.165) is 0 Å². The summed E-state index contributed by atoms with van der Waals surface area (Å²) >= 11 is 3.24. The van der Waals surface area contributed by atoms with Gasteiger partial charge in [0.15, 0.2) is 0 Å². The number of hydrogen-bond donors (Lipinski definition) is 2. The Balaban J connectivity index is 2.70. The molecule has 0 fully saturated rings. The normalized spacial score (nSPS) is 12.6. The van der Waals surface area contributed by atoms with Gasteiger partial charge in [0.1, 0.15) is 5.82 Å². The molecule has 94 valence electrons. The molecule has 0 heterocycles. The number of carbonyl (C=O) groups excluding carboxylic acids is 1. The summed E-state index contributed by atoms with van der Waals surface area (Å²) in [7, 11) is 0. The number of halogens is 2. The summed E-state index contributed by atoms with van der Waals surface area (Å²) in [4.78, 5) is 11.7. The molecule has 0 aromatic heterocycles. The van der Waals surface area contributed by atoms with Gasteiger partial charge in [0, 0.05) is 4.47 Å². The highest BCUT2D eigenvalue weighted by Crippen LogP contribution is 2.23. The first kappa shape index (κ1) is 14.1. The van der Waals surface area contributed by atoms with Crippen molar-refractivity contribution in [1.82, 2.24) is 0 Å². The Kier molecular flexibility index (Phi) is 5.08. The van der Waals surface area contributed by atoms with E-state index in [1.54, 1.807) is 6.07 Å². The van der Waals surface area contributed by atoms with E-state index in [9.17, 15) is 9.18 Å². The fourth-order valence-electron chi connectivity index (χ4n) is 1.43. The van der Waals surface area contributed by atoms with Gasteiger partial charge in [-0.2, -0.15) is 0 Å². The molecule has 0 bridgehead atoms. The average molecular weight is 303 g/mol. The number of anilines is 1. The fourth-order valence-corrected chi connectivity index (χ4v) is 1.78. The van der Waals surface area contributed by atoms with Crippen molar-refractivity contribution < 1.29 is 9.18 Å². The summed E-state index contributed by atoms with van der Waals surface area (Å²) in [6.45, 7) is 3.98. The molecule has 1 rings (SSSR count). The van der Waals surface area contributed by atoms with E-state index >= 15 is 0 Å². The van der Waals surface area contributed by atoms with E-state index in [4.69, 9.17) is 5.73 Å². The molecule has 1 amide bonds. The molecular formula is C12H16BrFN2O. The third-order valence-corrected chi connectivity index (χ3v) is 2.94. The highest BCUT2D eigenvalue weighted by molar-refractivity contribution is 9.10. The van der Waals surface area contributed by atoms with Crippen molar-refractivity contribution in [2.24, 2.45) is 11.7 Å². The molecule has 0 unspecified atom stereocenters. The molecule has 1 atom stereocenters. The zero-order chi connectivity index (χ0) is 13.0. The molecule has 5 heteroatoms. The van der Waals surface area contributed by atoms with E-state index in [1.807, 2.05) is 13.8 Å². The topological polar surface area (TPSA) is 55.1 Å². The minimum Gasteiger partial charge on any atom is -0.324 e. The lowest BCUT2D eigenvalue weighted by molar-refractivity contribution is -0.117. The van der Waals surface area contributed by atoms with Crippen LogP contribution < -0.4 is 11.1 Å². The number of carbonyl (C=O) groups is 1. The largest absolute Gasteiger partial charge is 0.324 e. The van der Waals surface area contributed by atoms with E-state index < -0.39 is 11.9 Å². The molecule has 0 radical (unpaired) electrons. The molecule has 0 aliphatic carbocycles. The lowest BCUT2D eigenvalue weighted by Crippen LogP contribution is -2.36. The zero-order valence-electron chi connectivity index (χ0n) is 9.84. The van der Waals surface area contributed by atoms with Crippen molar-refractivity contribution in [3.05, 3.63) is 28.5 Å². The first-order chi connectivity index (χ1) is 7.90. The lowest BCUT2D eigenvalue weighted by Gasteiger charge is -2.14. The van der Waals surface area contributed by atoms with Crippen LogP contribution in [0.3, 0.4) is 0 Å². The summed E-state index contributed by atoms with van der Waals surface area (Å²) in [6, 6.07) is 3.53. The predicted molar refractivity (Wildman–Crippen MR) is 70.2 cm³/mol. The van der Waals surface area contributed by atoms with Crippen LogP contribution in [0.4, 0.5) is 10.1 Å². The van der Waals surface area contributed by atoms with Crippen LogP contribution in [0.1, 0.15) is 20.3 Å². The molecule has 17 heavy (non-hydrogen) atoms. The van der Waals surface area contributed by atoms with Crippen LogP contribution in [-0.2, 0) is 4.79 Å². The molecule has 1 aromatic carbocycles. The Morgan fingerprint density at radius 1 is 1.53 bits per heavy atom. The molecule has 0 saturated heterocycles. The van der Waals surface area contributed by atoms with Gasteiger partial charge in [-0.15, -0.1) is 0 Å². The third kappa shape index (κ3) is 4.44. The predicted octanol–water partition coefficient (Wildman–Crippen LogP) is 2.90. The molecular weight excluding hydrogens is 287 g/mol. The van der Waals surface area contributed by atoms with Crippen molar-refractivity contribution in [3.8, 4) is 0 Å². The summed E-state index contributed by atoms with van der Waals surface area (Å²) in [5.74, 6) is -0.363. The van der Waals surface area contributed by atoms with Crippen molar-refractivity contribution in [2.45, 2.75) is 26.3 Å². The molecule has 3 N–H and O–H groups in total. The Labute approximate surface area is 109 Å². The Morgan fingerprint density at radius 2 is 2.18 bits per heavy atom. The van der Waals surface area contributed by atoms with Crippen molar-refractivity contribution in [3.63, 3.8) is 0 Å². The maximum absolute atomic E-state index is 13.0. The third-order valence-electron chi connectivity index (χ3n) is 2.25. The van der Waals surface area contributed by atoms with Gasteiger partial charge in [0.05, 0.1) is 11.7 Å². The quantitative estimate of drug-likeness (QED) is 0.898. The van der Waals surface area contributed by atoms with E-state index in [-0.39, 0.29) is 5.91 Å². The van der Waals surface area contributed by atoms with Crippen LogP contribution in [0.2, 0.25) is 0 Å². The second-order valence-corrected chi connectivity index (χ2v) is 5.20. The van der Waals surface area contributed by atoms with Crippen LogP contribution in [0.5, 0.6) is 0 Å². The lowest BCUT2D eigenvalue weighted by atomic mass is 10.0. The Hall–Kier alpha value is -0.940. The average Bonchev–Trinajstić information content (AvgIpc) is 2.22. The number of nitrogens with one attached hydrogen (secondary N) is 1. The monoisotopic (exact) mass is 302 g/mol. The second kappa shape index (κ2) is 6.12. The van der Waals surface area contributed by atoms with Crippen LogP contribution >= 0.6 is 15.9 Å². The van der Waals surface area contributed by atoms with E-state index in [1.165, 1.54) is 12.1 Å². The highest BCUT2D eigenvalue weighted by atomic mass is 79.9. The Bertz CT molecular complexity index is 409. The van der Waals surface area contributed by atoms with Gasteiger partial charge in [0.25, 0.3) is 0 Å². The number of rotatable bonds is 4. The van der Waals surface area contributed by atoms with E-state index in [2.05, 4.69) is 21.2 Å². The number of nitrogens with two attached hydrogens (primary N) is 1. The smallest absolute Gasteiger partial charge is 0.241 e. The van der Waals surface area contributed by atoms with Crippen LogP contribution in [0, 0.1) is 11.7 Å². The first-order valence-corrected chi connectivity index (χ1v) is 6.21. The summed E-state index contributed by atoms with van der Waals surface area (Å²) in [6.07, 6.45) is 0.596. The van der Waals surface area contributed by atoms with Crippen molar-refractivity contribution in [2.75, 3.05) is 5.32 Å². The SMILES string of the molecule is CC(C)C[C@@H](N)C(=O)Nc1cc(F)ccc1Br. The minimum absolute atomic E-state index is 0.301. The standard InChI is InChI=1S/C12H16BrFN2O/c1-7(2)5-10(15)12(17)16-11-6-8(14)3-4-9(11)13/h3-4,6-7,10H,5,15H2,1-2H3,(H,16,17)/t10-/m1/s1. The number of benzene rings is 1. The second-order valence-electron chi connectivity index (χ2n) is 4.35. The highest BCUT2D eigenvalue weighted by Gasteiger charge is 2.16. The molecule has 1 aromatic rings. The number of hydrogen-bond acceptors (Lipinski definition) is 2. The van der Waals surface area contributed by atoms with Gasteiger partial charge < -0.3 is 11.1 Å². The molecule has 0 aliphatic heterocycles. The van der Waals surface area contributed by atoms with Gasteiger partial charge in [-0.05, 0) is 46.5 Å². The van der Waals surface area contributed by atoms with Gasteiger partial charge in [-0.25, -0.2) is 4.39 Å². The van der Waals surface area contributed by atoms with Gasteiger partial charge in [0.2, 0.25) is 5.91 Å². The molecule has 0 saturated carbocycles. The summed E-state index contributed by atoms with van der Waals surface area (Å²) < 4.78 is 13.6. The van der Waals surface area contributed by atoms with E-state index in [0.29, 0.717) is 22.5 Å². The maximum atomic E-state index is 13.0. The zero-order valence-corrected chi connectivity index (χ0v) is 11.4. The minimum atomic E-state index is -0.579. The van der Waals surface area contributed by atoms with Crippen LogP contribution in [0.25, 0.3) is 0 Å². The van der Waals surface area contributed by atoms with Gasteiger partial charge >= 0.3 is 0 Å². The Morgan fingerprint density at radius 3 is 2.76 bits per heavy atom. The molecule has 0 aliphatic rings. The molecule has 3 nitrogen and oxygen atoms in total. The van der Waals surface area contributed by atoms with Crippen molar-refractivity contribution in [1.29, 1.82) is 0 Å². The van der Waals surface area contributed by atoms with Crippen molar-refractivity contribution >= 4 is 27.5 Å². The first-order valence-electron chi connectivity index (χ1n) is 5.41. The summed E-state index contributed by atoms with van der Waals surface area (Å²) in [5, 5.41) is 2.61.